The largest absolute Gasteiger partial charge is 0.497 e. The van der Waals surface area contributed by atoms with Gasteiger partial charge in [0.15, 0.2) is 23.3 Å². The number of carbonyl (C=O) groups excluding carboxylic acids is 2. The Labute approximate surface area is 178 Å². The lowest BCUT2D eigenvalue weighted by atomic mass is 10.1. The molecule has 0 saturated carbocycles. The summed E-state index contributed by atoms with van der Waals surface area (Å²) in [7, 11) is -3.17. The van der Waals surface area contributed by atoms with Crippen LogP contribution in [0.2, 0.25) is 0 Å². The molecule has 3 rings (SSSR count). The van der Waals surface area contributed by atoms with Crippen molar-refractivity contribution in [3.05, 3.63) is 64.5 Å². The summed E-state index contributed by atoms with van der Waals surface area (Å²) in [5, 5.41) is 1.43. The monoisotopic (exact) mass is 476 g/mol. The van der Waals surface area contributed by atoms with E-state index in [9.17, 15) is 40.0 Å². The summed E-state index contributed by atoms with van der Waals surface area (Å²) in [4.78, 5) is 24.2. The van der Waals surface area contributed by atoms with Crippen molar-refractivity contribution in [2.75, 3.05) is 19.0 Å². The minimum Gasteiger partial charge on any atom is -0.497 e. The number of carbonyl (C=O) groups is 2. The van der Waals surface area contributed by atoms with Gasteiger partial charge in [0.1, 0.15) is 22.9 Å². The molecule has 0 atom stereocenters. The zero-order valence-electron chi connectivity index (χ0n) is 16.3. The van der Waals surface area contributed by atoms with E-state index in [1.807, 2.05) is 0 Å². The van der Waals surface area contributed by atoms with Gasteiger partial charge in [-0.3, -0.25) is 9.59 Å². The fourth-order valence-corrected chi connectivity index (χ4v) is 4.76. The van der Waals surface area contributed by atoms with Gasteiger partial charge in [0.2, 0.25) is 11.7 Å². The van der Waals surface area contributed by atoms with Gasteiger partial charge in [0, 0.05) is 5.57 Å². The van der Waals surface area contributed by atoms with E-state index in [2.05, 4.69) is 0 Å². The Morgan fingerprint density at radius 3 is 1.97 bits per heavy atom. The van der Waals surface area contributed by atoms with Crippen LogP contribution in [-0.4, -0.2) is 38.2 Å². The van der Waals surface area contributed by atoms with Crippen LogP contribution in [-0.2, 0) is 19.6 Å². The Bertz CT molecular complexity index is 1250. The molecule has 7 nitrogen and oxygen atoms in total. The van der Waals surface area contributed by atoms with E-state index >= 15 is 0 Å². The number of hydrogen-bond acceptors (Lipinski definition) is 5. The van der Waals surface area contributed by atoms with Gasteiger partial charge in [0.05, 0.1) is 7.11 Å². The van der Waals surface area contributed by atoms with E-state index in [-0.39, 0.29) is 15.4 Å². The van der Waals surface area contributed by atoms with Crippen molar-refractivity contribution < 1.29 is 44.7 Å². The van der Waals surface area contributed by atoms with Gasteiger partial charge in [-0.05, 0) is 36.8 Å². The van der Waals surface area contributed by atoms with Crippen LogP contribution < -0.4 is 10.1 Å². The summed E-state index contributed by atoms with van der Waals surface area (Å²) in [6.07, 6.45) is 0. The number of sulfonamides is 1. The molecule has 2 aromatic carbocycles. The maximum Gasteiger partial charge on any atom is 0.268 e. The molecule has 0 spiro atoms. The van der Waals surface area contributed by atoms with Gasteiger partial charge in [-0.2, -0.15) is 0 Å². The molecule has 1 N–H and O–H groups in total. The Hall–Kier alpha value is -3.48. The number of anilines is 1. The van der Waals surface area contributed by atoms with Crippen LogP contribution in [0.4, 0.5) is 27.6 Å². The molecule has 0 unspecified atom stereocenters. The van der Waals surface area contributed by atoms with Crippen molar-refractivity contribution >= 4 is 32.4 Å². The van der Waals surface area contributed by atoms with Gasteiger partial charge in [-0.1, -0.05) is 0 Å². The van der Waals surface area contributed by atoms with Crippen LogP contribution in [0.5, 0.6) is 5.75 Å². The molecule has 0 saturated heterocycles. The molecule has 0 bridgehead atoms. The van der Waals surface area contributed by atoms with Crippen molar-refractivity contribution in [1.82, 2.24) is 4.31 Å². The normalized spacial score (nSPS) is 15.3. The summed E-state index contributed by atoms with van der Waals surface area (Å²) in [6.45, 7) is -0.0704. The first kappa shape index (κ1) is 23.2. The van der Waals surface area contributed by atoms with Crippen LogP contribution >= 0.6 is 0 Å². The standard InChI is InChI=1S/C19H13F5N2O5S/c1-8-18(9-3-5-10(31-2)6-4-9)32(29,30)26(19(8)28)7-11(27)25-17-15(23)13(21)12(20)14(22)16(17)24/h3-6H,7H2,1-2H3,(H,25,27). The molecule has 1 aliphatic heterocycles. The van der Waals surface area contributed by atoms with Crippen LogP contribution in [0.3, 0.4) is 0 Å². The number of nitrogens with one attached hydrogen (secondary N) is 1. The molecule has 0 fully saturated rings. The third-order valence-corrected chi connectivity index (χ3v) is 6.48. The minimum atomic E-state index is -4.56. The molecule has 0 radical (unpaired) electrons. The topological polar surface area (TPSA) is 92.8 Å². The fraction of sp³-hybridized carbons (Fsp3) is 0.158. The van der Waals surface area contributed by atoms with E-state index in [1.165, 1.54) is 43.6 Å². The fourth-order valence-electron chi connectivity index (χ4n) is 2.99. The number of halogens is 5. The molecule has 2 amide bonds. The summed E-state index contributed by atoms with van der Waals surface area (Å²) in [5.74, 6) is -13.9. The Morgan fingerprint density at radius 1 is 0.969 bits per heavy atom. The first-order valence-corrected chi connectivity index (χ1v) is 10.1. The highest BCUT2D eigenvalue weighted by Gasteiger charge is 2.43. The molecular formula is C19H13F5N2O5S. The van der Waals surface area contributed by atoms with Crippen molar-refractivity contribution in [2.45, 2.75) is 6.92 Å². The van der Waals surface area contributed by atoms with Crippen LogP contribution in [0.15, 0.2) is 29.8 Å². The molecule has 1 heterocycles. The van der Waals surface area contributed by atoms with E-state index < -0.39 is 68.1 Å². The zero-order chi connectivity index (χ0) is 24.0. The maximum atomic E-state index is 13.8. The smallest absolute Gasteiger partial charge is 0.268 e. The molecule has 170 valence electrons. The quantitative estimate of drug-likeness (QED) is 0.407. The van der Waals surface area contributed by atoms with Gasteiger partial charge in [0.25, 0.3) is 15.9 Å². The van der Waals surface area contributed by atoms with Gasteiger partial charge in [-0.15, -0.1) is 0 Å². The second-order valence-electron chi connectivity index (χ2n) is 6.49. The lowest BCUT2D eigenvalue weighted by molar-refractivity contribution is -0.126. The molecule has 1 aliphatic rings. The maximum absolute atomic E-state index is 13.8. The van der Waals surface area contributed by atoms with E-state index in [0.717, 1.165) is 0 Å². The van der Waals surface area contributed by atoms with Crippen molar-refractivity contribution in [1.29, 1.82) is 0 Å². The third kappa shape index (κ3) is 3.68. The highest BCUT2D eigenvalue weighted by atomic mass is 32.2. The second-order valence-corrected chi connectivity index (χ2v) is 8.29. The first-order chi connectivity index (χ1) is 14.9. The molecule has 0 aromatic heterocycles. The summed E-state index contributed by atoms with van der Waals surface area (Å²) >= 11 is 0. The predicted molar refractivity (Wildman–Crippen MR) is 101 cm³/mol. The van der Waals surface area contributed by atoms with E-state index in [4.69, 9.17) is 4.74 Å². The average molecular weight is 476 g/mol. The predicted octanol–water partition coefficient (Wildman–Crippen LogP) is 2.93. The Kier molecular flexibility index (Phi) is 5.96. The lowest BCUT2D eigenvalue weighted by Gasteiger charge is -2.17. The number of hydrogen-bond donors (Lipinski definition) is 1. The molecule has 0 aliphatic carbocycles. The van der Waals surface area contributed by atoms with Crippen molar-refractivity contribution in [2.24, 2.45) is 0 Å². The lowest BCUT2D eigenvalue weighted by Crippen LogP contribution is -2.38. The second kappa shape index (κ2) is 8.22. The van der Waals surface area contributed by atoms with Gasteiger partial charge in [-0.25, -0.2) is 34.7 Å². The SMILES string of the molecule is COc1ccc(C2=C(C)C(=O)N(CC(=O)Nc3c(F)c(F)c(F)c(F)c3F)S2(=O)=O)cc1. The number of ether oxygens (including phenoxy) is 1. The zero-order valence-corrected chi connectivity index (χ0v) is 17.1. The first-order valence-electron chi connectivity index (χ1n) is 8.65. The van der Waals surface area contributed by atoms with E-state index in [1.54, 1.807) is 0 Å². The molecular weight excluding hydrogens is 463 g/mol. The molecule has 2 aromatic rings. The Morgan fingerprint density at radius 2 is 1.47 bits per heavy atom. The summed E-state index contributed by atoms with van der Waals surface area (Å²) in [5.41, 5.74) is -1.80. The molecule has 32 heavy (non-hydrogen) atoms. The van der Waals surface area contributed by atoms with Crippen LogP contribution in [0.25, 0.3) is 4.91 Å². The average Bonchev–Trinajstić information content (AvgIpc) is 2.93. The summed E-state index contributed by atoms with van der Waals surface area (Å²) < 4.78 is 98.1. The van der Waals surface area contributed by atoms with Crippen molar-refractivity contribution in [3.63, 3.8) is 0 Å². The third-order valence-electron chi connectivity index (χ3n) is 4.55. The Balaban J connectivity index is 1.89. The molecule has 13 heteroatoms. The van der Waals surface area contributed by atoms with Gasteiger partial charge < -0.3 is 10.1 Å². The highest BCUT2D eigenvalue weighted by Crippen LogP contribution is 2.36. The number of nitrogens with zero attached hydrogens (tertiary/aromatic N) is 1. The minimum absolute atomic E-state index is 0.110. The number of amides is 2. The highest BCUT2D eigenvalue weighted by molar-refractivity contribution is 7.99. The number of methoxy groups -OCH3 is 1. The van der Waals surface area contributed by atoms with E-state index in [0.29, 0.717) is 5.75 Å². The summed E-state index contributed by atoms with van der Waals surface area (Å²) in [6, 6.07) is 5.60. The number of rotatable bonds is 5. The van der Waals surface area contributed by atoms with Crippen molar-refractivity contribution in [3.8, 4) is 5.75 Å². The number of benzene rings is 2. The van der Waals surface area contributed by atoms with Crippen LogP contribution in [0.1, 0.15) is 12.5 Å². The van der Waals surface area contributed by atoms with Gasteiger partial charge >= 0.3 is 0 Å². The van der Waals surface area contributed by atoms with Crippen LogP contribution in [0, 0.1) is 29.1 Å².